The van der Waals surface area contributed by atoms with Crippen LogP contribution in [0.25, 0.3) is 21.8 Å². The summed E-state index contributed by atoms with van der Waals surface area (Å²) >= 11 is 1.57. The highest BCUT2D eigenvalue weighted by molar-refractivity contribution is 7.98. The minimum Gasteiger partial charge on any atom is -0.480 e. The molecule has 0 saturated carbocycles. The predicted octanol–water partition coefficient (Wildman–Crippen LogP) is 3.51. The van der Waals surface area contributed by atoms with Crippen LogP contribution in [0.2, 0.25) is 0 Å². The van der Waals surface area contributed by atoms with Crippen molar-refractivity contribution in [2.45, 2.75) is 25.4 Å². The molecule has 1 atom stereocenters. The second kappa shape index (κ2) is 8.27. The number of aromatic nitrogens is 1. The number of hydrogen-bond donors (Lipinski definition) is 2. The Morgan fingerprint density at radius 1 is 1.08 bits per heavy atom. The Morgan fingerprint density at radius 2 is 1.65 bits per heavy atom. The summed E-state index contributed by atoms with van der Waals surface area (Å²) in [4.78, 5) is 23.6. The van der Waals surface area contributed by atoms with Crippen molar-refractivity contribution in [1.29, 1.82) is 0 Å². The third kappa shape index (κ3) is 3.85. The lowest BCUT2D eigenvalue weighted by molar-refractivity contribution is -0.141. The van der Waals surface area contributed by atoms with Gasteiger partial charge in [-0.3, -0.25) is 4.79 Å². The minimum absolute atomic E-state index is 0.236. The van der Waals surface area contributed by atoms with E-state index in [2.05, 4.69) is 22.0 Å². The van der Waals surface area contributed by atoms with Gasteiger partial charge in [0.25, 0.3) is 0 Å². The maximum atomic E-state index is 12.3. The Bertz CT molecular complexity index is 882. The number of nitrogens with zero attached hydrogens (tertiary/aromatic N) is 1. The summed E-state index contributed by atoms with van der Waals surface area (Å²) in [5.41, 5.74) is 2.16. The zero-order chi connectivity index (χ0) is 18.5. The monoisotopic (exact) mass is 370 g/mol. The van der Waals surface area contributed by atoms with Crippen LogP contribution in [0.1, 0.15) is 12.8 Å². The number of nitrogens with one attached hydrogen (secondary N) is 1. The first-order chi connectivity index (χ1) is 12.6. The van der Waals surface area contributed by atoms with Crippen LogP contribution in [-0.4, -0.2) is 39.6 Å². The molecular formula is C20H22N2O3S. The molecule has 1 heterocycles. The van der Waals surface area contributed by atoms with Gasteiger partial charge in [0.2, 0.25) is 5.91 Å². The van der Waals surface area contributed by atoms with E-state index in [0.29, 0.717) is 18.7 Å². The Hall–Kier alpha value is -2.47. The summed E-state index contributed by atoms with van der Waals surface area (Å²) in [5.74, 6) is -0.519. The van der Waals surface area contributed by atoms with Crippen LogP contribution in [-0.2, 0) is 16.1 Å². The number of carbonyl (C=O) groups is 2. The van der Waals surface area contributed by atoms with Gasteiger partial charge in [-0.25, -0.2) is 4.79 Å². The molecule has 0 aliphatic rings. The Morgan fingerprint density at radius 3 is 2.19 bits per heavy atom. The summed E-state index contributed by atoms with van der Waals surface area (Å²) in [7, 11) is 0. The van der Waals surface area contributed by atoms with Crippen LogP contribution in [0.5, 0.6) is 0 Å². The fourth-order valence-electron chi connectivity index (χ4n) is 3.22. The molecule has 0 unspecified atom stereocenters. The molecule has 0 aliphatic heterocycles. The van der Waals surface area contributed by atoms with Gasteiger partial charge in [0.05, 0.1) is 0 Å². The Kier molecular flexibility index (Phi) is 5.83. The summed E-state index contributed by atoms with van der Waals surface area (Å²) in [5, 5.41) is 14.2. The summed E-state index contributed by atoms with van der Waals surface area (Å²) in [6.45, 7) is 0.509. The molecule has 26 heavy (non-hydrogen) atoms. The number of rotatable bonds is 8. The first-order valence-electron chi connectivity index (χ1n) is 8.59. The number of para-hydroxylation sites is 2. The fraction of sp³-hybridized carbons (Fsp3) is 0.300. The standard InChI is InChI=1S/C20H22N2O3S/c1-26-13-11-16(20(24)25)21-19(23)10-12-22-17-8-4-2-6-14(17)15-7-3-5-9-18(15)22/h2-9,16H,10-13H2,1H3,(H,21,23)(H,24,25)/t16-/m0/s1. The molecule has 3 aromatic rings. The smallest absolute Gasteiger partial charge is 0.326 e. The van der Waals surface area contributed by atoms with Gasteiger partial charge in [-0.05, 0) is 30.6 Å². The average molecular weight is 370 g/mol. The van der Waals surface area contributed by atoms with Crippen LogP contribution in [0, 0.1) is 0 Å². The molecule has 0 bridgehead atoms. The van der Waals surface area contributed by atoms with E-state index in [4.69, 9.17) is 0 Å². The molecule has 0 saturated heterocycles. The molecule has 3 rings (SSSR count). The molecule has 2 N–H and O–H groups in total. The van der Waals surface area contributed by atoms with Crippen LogP contribution in [0.3, 0.4) is 0 Å². The Labute approximate surface area is 156 Å². The van der Waals surface area contributed by atoms with Crippen molar-refractivity contribution >= 4 is 45.4 Å². The Balaban J connectivity index is 1.76. The fourth-order valence-corrected chi connectivity index (χ4v) is 3.69. The van der Waals surface area contributed by atoms with Gasteiger partial charge in [-0.2, -0.15) is 11.8 Å². The van der Waals surface area contributed by atoms with E-state index in [-0.39, 0.29) is 12.3 Å². The first-order valence-corrected chi connectivity index (χ1v) is 9.98. The van der Waals surface area contributed by atoms with Crippen molar-refractivity contribution < 1.29 is 14.7 Å². The van der Waals surface area contributed by atoms with Crippen LogP contribution in [0.4, 0.5) is 0 Å². The molecule has 6 heteroatoms. The van der Waals surface area contributed by atoms with E-state index in [9.17, 15) is 14.7 Å². The van der Waals surface area contributed by atoms with Crippen LogP contribution >= 0.6 is 11.8 Å². The SMILES string of the molecule is CSCC[C@H](NC(=O)CCn1c2ccccc2c2ccccc21)C(=O)O. The predicted molar refractivity (Wildman–Crippen MR) is 107 cm³/mol. The largest absolute Gasteiger partial charge is 0.480 e. The number of carboxylic acid groups (broad SMARTS) is 1. The number of carboxylic acids is 1. The van der Waals surface area contributed by atoms with Crippen molar-refractivity contribution in [2.24, 2.45) is 0 Å². The van der Waals surface area contributed by atoms with Crippen molar-refractivity contribution in [3.8, 4) is 0 Å². The number of fused-ring (bicyclic) bond motifs is 3. The van der Waals surface area contributed by atoms with Crippen molar-refractivity contribution in [3.05, 3.63) is 48.5 Å². The van der Waals surface area contributed by atoms with Gasteiger partial charge in [-0.15, -0.1) is 0 Å². The molecule has 0 aliphatic carbocycles. The molecule has 1 aromatic heterocycles. The van der Waals surface area contributed by atoms with Gasteiger partial charge >= 0.3 is 5.97 Å². The third-order valence-electron chi connectivity index (χ3n) is 4.49. The number of benzene rings is 2. The van der Waals surface area contributed by atoms with E-state index in [1.807, 2.05) is 42.7 Å². The zero-order valence-corrected chi connectivity index (χ0v) is 15.5. The van der Waals surface area contributed by atoms with Crippen molar-refractivity contribution in [2.75, 3.05) is 12.0 Å². The lowest BCUT2D eigenvalue weighted by Crippen LogP contribution is -2.41. The second-order valence-corrected chi connectivity index (χ2v) is 7.16. The number of amides is 1. The average Bonchev–Trinajstić information content (AvgIpc) is 2.97. The summed E-state index contributed by atoms with van der Waals surface area (Å²) < 4.78 is 2.13. The molecule has 5 nitrogen and oxygen atoms in total. The number of hydrogen-bond acceptors (Lipinski definition) is 3. The minimum atomic E-state index is -0.982. The van der Waals surface area contributed by atoms with E-state index in [1.54, 1.807) is 11.8 Å². The molecule has 136 valence electrons. The number of carbonyl (C=O) groups excluding carboxylic acids is 1. The van der Waals surface area contributed by atoms with E-state index in [1.165, 1.54) is 0 Å². The molecule has 1 amide bonds. The number of thioether (sulfide) groups is 1. The highest BCUT2D eigenvalue weighted by Crippen LogP contribution is 2.28. The normalized spacial score (nSPS) is 12.3. The lowest BCUT2D eigenvalue weighted by atomic mass is 10.2. The van der Waals surface area contributed by atoms with E-state index in [0.717, 1.165) is 21.8 Å². The van der Waals surface area contributed by atoms with Crippen molar-refractivity contribution in [3.63, 3.8) is 0 Å². The van der Waals surface area contributed by atoms with Gasteiger partial charge in [0.15, 0.2) is 0 Å². The van der Waals surface area contributed by atoms with Gasteiger partial charge in [-0.1, -0.05) is 36.4 Å². The molecule has 0 radical (unpaired) electrons. The summed E-state index contributed by atoms with van der Waals surface area (Å²) in [6, 6.07) is 15.4. The quantitative estimate of drug-likeness (QED) is 0.637. The highest BCUT2D eigenvalue weighted by atomic mass is 32.2. The molecular weight excluding hydrogens is 348 g/mol. The molecule has 0 spiro atoms. The van der Waals surface area contributed by atoms with Crippen LogP contribution in [0.15, 0.2) is 48.5 Å². The van der Waals surface area contributed by atoms with Gasteiger partial charge in [0.1, 0.15) is 6.04 Å². The van der Waals surface area contributed by atoms with E-state index < -0.39 is 12.0 Å². The third-order valence-corrected chi connectivity index (χ3v) is 5.13. The highest BCUT2D eigenvalue weighted by Gasteiger charge is 2.19. The first kappa shape index (κ1) is 18.3. The topological polar surface area (TPSA) is 71.3 Å². The zero-order valence-electron chi connectivity index (χ0n) is 14.6. The number of aliphatic carboxylic acids is 1. The second-order valence-electron chi connectivity index (χ2n) is 6.18. The lowest BCUT2D eigenvalue weighted by Gasteiger charge is -2.14. The molecule has 0 fully saturated rings. The van der Waals surface area contributed by atoms with E-state index >= 15 is 0 Å². The van der Waals surface area contributed by atoms with Crippen LogP contribution < -0.4 is 5.32 Å². The maximum absolute atomic E-state index is 12.3. The van der Waals surface area contributed by atoms with Gasteiger partial charge < -0.3 is 15.0 Å². The van der Waals surface area contributed by atoms with Gasteiger partial charge in [0, 0.05) is 34.8 Å². The van der Waals surface area contributed by atoms with Crippen molar-refractivity contribution in [1.82, 2.24) is 9.88 Å². The number of aryl methyl sites for hydroxylation is 1. The molecule has 2 aromatic carbocycles. The maximum Gasteiger partial charge on any atom is 0.326 e. The summed E-state index contributed by atoms with van der Waals surface area (Å²) in [6.07, 6.45) is 2.59.